The van der Waals surface area contributed by atoms with E-state index in [1.54, 1.807) is 33.8 Å². The number of nitrogens with zero attached hydrogens (tertiary/aromatic N) is 1. The SMILES string of the molecule is C=C[C@@H]1C[C@]1(NC(=O)[C@@H]1CCCN1C(=O)[C@@H](NC(=O)OC(C)(C)C)C(C)(C)C)C(=O)OCC. The molecular formula is C24H39N3O6. The molecule has 0 radical (unpaired) electrons. The smallest absolute Gasteiger partial charge is 0.408 e. The Hall–Kier alpha value is -2.58. The molecule has 0 aromatic rings. The van der Waals surface area contributed by atoms with Crippen LogP contribution in [0.5, 0.6) is 0 Å². The predicted molar refractivity (Wildman–Crippen MR) is 123 cm³/mol. The van der Waals surface area contributed by atoms with Gasteiger partial charge >= 0.3 is 12.1 Å². The Morgan fingerprint density at radius 1 is 1.18 bits per heavy atom. The van der Waals surface area contributed by atoms with Crippen LogP contribution in [0.15, 0.2) is 12.7 Å². The number of alkyl carbamates (subject to hydrolysis) is 1. The molecule has 1 saturated heterocycles. The van der Waals surface area contributed by atoms with E-state index in [2.05, 4.69) is 17.2 Å². The molecule has 1 heterocycles. The highest BCUT2D eigenvalue weighted by Gasteiger charge is 2.61. The molecule has 186 valence electrons. The molecular weight excluding hydrogens is 426 g/mol. The Labute approximate surface area is 196 Å². The number of hydrogen-bond acceptors (Lipinski definition) is 6. The highest BCUT2D eigenvalue weighted by Crippen LogP contribution is 2.45. The van der Waals surface area contributed by atoms with Crippen LogP contribution in [-0.2, 0) is 23.9 Å². The van der Waals surface area contributed by atoms with Crippen LogP contribution < -0.4 is 10.6 Å². The highest BCUT2D eigenvalue weighted by atomic mass is 16.6. The van der Waals surface area contributed by atoms with E-state index in [0.29, 0.717) is 25.8 Å². The summed E-state index contributed by atoms with van der Waals surface area (Å²) in [6, 6.07) is -1.62. The maximum Gasteiger partial charge on any atom is 0.408 e. The van der Waals surface area contributed by atoms with E-state index in [9.17, 15) is 19.2 Å². The maximum atomic E-state index is 13.5. The van der Waals surface area contributed by atoms with Crippen LogP contribution >= 0.6 is 0 Å². The fourth-order valence-electron chi connectivity index (χ4n) is 4.11. The Bertz CT molecular complexity index is 797. The van der Waals surface area contributed by atoms with Crippen molar-refractivity contribution in [1.82, 2.24) is 15.5 Å². The average molecular weight is 466 g/mol. The van der Waals surface area contributed by atoms with Gasteiger partial charge in [-0.15, -0.1) is 6.58 Å². The van der Waals surface area contributed by atoms with Crippen molar-refractivity contribution in [2.45, 2.75) is 91.0 Å². The Kier molecular flexibility index (Phi) is 7.86. The second-order valence-corrected chi connectivity index (χ2v) is 10.9. The van der Waals surface area contributed by atoms with Gasteiger partial charge in [-0.05, 0) is 52.4 Å². The molecule has 9 heteroatoms. The first-order chi connectivity index (χ1) is 15.2. The third-order valence-corrected chi connectivity index (χ3v) is 5.90. The van der Waals surface area contributed by atoms with Crippen molar-refractivity contribution in [2.75, 3.05) is 13.2 Å². The fourth-order valence-corrected chi connectivity index (χ4v) is 4.11. The Morgan fingerprint density at radius 3 is 2.30 bits per heavy atom. The van der Waals surface area contributed by atoms with Gasteiger partial charge in [0.2, 0.25) is 11.8 Å². The summed E-state index contributed by atoms with van der Waals surface area (Å²) in [5.74, 6) is -1.45. The van der Waals surface area contributed by atoms with Gasteiger partial charge in [0.05, 0.1) is 6.61 Å². The third-order valence-electron chi connectivity index (χ3n) is 5.90. The van der Waals surface area contributed by atoms with Crippen LogP contribution in [0.3, 0.4) is 0 Å². The van der Waals surface area contributed by atoms with Gasteiger partial charge in [0.1, 0.15) is 23.2 Å². The summed E-state index contributed by atoms with van der Waals surface area (Å²) in [7, 11) is 0. The number of hydrogen-bond donors (Lipinski definition) is 2. The maximum absolute atomic E-state index is 13.5. The van der Waals surface area contributed by atoms with Gasteiger partial charge in [-0.25, -0.2) is 9.59 Å². The zero-order valence-electron chi connectivity index (χ0n) is 20.9. The molecule has 0 aromatic carbocycles. The number of nitrogens with one attached hydrogen (secondary N) is 2. The fraction of sp³-hybridized carbons (Fsp3) is 0.750. The van der Waals surface area contributed by atoms with E-state index in [1.807, 2.05) is 20.8 Å². The first-order valence-electron chi connectivity index (χ1n) is 11.6. The molecule has 0 aromatic heterocycles. The molecule has 2 fully saturated rings. The van der Waals surface area contributed by atoms with E-state index < -0.39 is 46.6 Å². The standard InChI is InChI=1S/C24H39N3O6/c1-9-15-14-24(15,20(30)32-10-2)26-18(28)16-12-11-13-27(16)19(29)17(22(3,4)5)25-21(31)33-23(6,7)8/h9,15-17H,1,10-14H2,2-8H3,(H,25,31)(H,26,28)/t15-,16+,17-,24-/m1/s1. The van der Waals surface area contributed by atoms with Crippen molar-refractivity contribution in [3.05, 3.63) is 12.7 Å². The number of amides is 3. The van der Waals surface area contributed by atoms with E-state index in [0.717, 1.165) is 0 Å². The van der Waals surface area contributed by atoms with Gasteiger partial charge in [-0.2, -0.15) is 0 Å². The molecule has 2 aliphatic rings. The highest BCUT2D eigenvalue weighted by molar-refractivity contribution is 5.96. The minimum Gasteiger partial charge on any atom is -0.464 e. The van der Waals surface area contributed by atoms with Crippen LogP contribution in [0.4, 0.5) is 4.79 Å². The predicted octanol–water partition coefficient (Wildman–Crippen LogP) is 2.54. The van der Waals surface area contributed by atoms with Crippen LogP contribution in [0.2, 0.25) is 0 Å². The normalized spacial score (nSPS) is 25.6. The van der Waals surface area contributed by atoms with Crippen LogP contribution in [0, 0.1) is 11.3 Å². The van der Waals surface area contributed by atoms with Crippen molar-refractivity contribution in [2.24, 2.45) is 11.3 Å². The molecule has 2 N–H and O–H groups in total. The lowest BCUT2D eigenvalue weighted by molar-refractivity contribution is -0.150. The molecule has 0 unspecified atom stereocenters. The van der Waals surface area contributed by atoms with E-state index >= 15 is 0 Å². The average Bonchev–Trinajstić information content (AvgIpc) is 3.16. The summed E-state index contributed by atoms with van der Waals surface area (Å²) in [4.78, 5) is 53.1. The first kappa shape index (κ1) is 26.7. The summed E-state index contributed by atoms with van der Waals surface area (Å²) in [5.41, 5.74) is -2.45. The van der Waals surface area contributed by atoms with Crippen LogP contribution in [0.1, 0.15) is 67.7 Å². The van der Waals surface area contributed by atoms with Gasteiger partial charge in [0, 0.05) is 12.5 Å². The van der Waals surface area contributed by atoms with Gasteiger partial charge in [-0.1, -0.05) is 26.8 Å². The Morgan fingerprint density at radius 2 is 1.82 bits per heavy atom. The second kappa shape index (κ2) is 9.73. The van der Waals surface area contributed by atoms with Crippen molar-refractivity contribution in [1.29, 1.82) is 0 Å². The molecule has 33 heavy (non-hydrogen) atoms. The summed E-state index contributed by atoms with van der Waals surface area (Å²) >= 11 is 0. The zero-order valence-corrected chi connectivity index (χ0v) is 20.9. The Balaban J connectivity index is 2.18. The monoisotopic (exact) mass is 465 g/mol. The molecule has 0 bridgehead atoms. The third kappa shape index (κ3) is 6.26. The minimum absolute atomic E-state index is 0.206. The van der Waals surface area contributed by atoms with Gasteiger partial charge in [0.25, 0.3) is 0 Å². The van der Waals surface area contributed by atoms with Crippen LogP contribution in [-0.4, -0.2) is 65.2 Å². The first-order valence-corrected chi connectivity index (χ1v) is 11.6. The lowest BCUT2D eigenvalue weighted by Gasteiger charge is -2.36. The lowest BCUT2D eigenvalue weighted by Crippen LogP contribution is -2.59. The second-order valence-electron chi connectivity index (χ2n) is 10.9. The van der Waals surface area contributed by atoms with Gasteiger partial charge in [0.15, 0.2) is 0 Å². The lowest BCUT2D eigenvalue weighted by atomic mass is 9.85. The van der Waals surface area contributed by atoms with Gasteiger partial charge in [-0.3, -0.25) is 9.59 Å². The van der Waals surface area contributed by atoms with Crippen molar-refractivity contribution in [3.63, 3.8) is 0 Å². The minimum atomic E-state index is -1.12. The summed E-state index contributed by atoms with van der Waals surface area (Å²) in [6.07, 6.45) is 2.48. The van der Waals surface area contributed by atoms with Gasteiger partial charge < -0.3 is 25.0 Å². The largest absolute Gasteiger partial charge is 0.464 e. The summed E-state index contributed by atoms with van der Waals surface area (Å²) in [6.45, 7) is 16.8. The van der Waals surface area contributed by atoms with E-state index in [4.69, 9.17) is 9.47 Å². The molecule has 1 aliphatic heterocycles. The number of ether oxygens (including phenoxy) is 2. The molecule has 3 amide bonds. The molecule has 4 atom stereocenters. The molecule has 9 nitrogen and oxygen atoms in total. The quantitative estimate of drug-likeness (QED) is 0.441. The number of carbonyl (C=O) groups excluding carboxylic acids is 4. The molecule has 0 spiro atoms. The van der Waals surface area contributed by atoms with Crippen molar-refractivity contribution >= 4 is 23.9 Å². The number of rotatable bonds is 7. The molecule has 1 aliphatic carbocycles. The number of esters is 1. The number of carbonyl (C=O) groups is 4. The number of likely N-dealkylation sites (tertiary alicyclic amines) is 1. The molecule has 1 saturated carbocycles. The van der Waals surface area contributed by atoms with Crippen LogP contribution in [0.25, 0.3) is 0 Å². The van der Waals surface area contributed by atoms with E-state index in [-0.39, 0.29) is 18.4 Å². The van der Waals surface area contributed by atoms with Crippen molar-refractivity contribution < 1.29 is 28.7 Å². The zero-order chi connectivity index (χ0) is 25.2. The van der Waals surface area contributed by atoms with E-state index in [1.165, 1.54) is 4.90 Å². The van der Waals surface area contributed by atoms with Crippen molar-refractivity contribution in [3.8, 4) is 0 Å². The topological polar surface area (TPSA) is 114 Å². The molecule has 2 rings (SSSR count). The summed E-state index contributed by atoms with van der Waals surface area (Å²) < 4.78 is 10.5. The summed E-state index contributed by atoms with van der Waals surface area (Å²) in [5, 5.41) is 5.53.